The van der Waals surface area contributed by atoms with E-state index in [9.17, 15) is 4.39 Å². The Morgan fingerprint density at radius 1 is 0.609 bits per heavy atom. The van der Waals surface area contributed by atoms with Crippen molar-refractivity contribution in [3.8, 4) is 17.1 Å². The highest BCUT2D eigenvalue weighted by atomic mass is 19.1. The van der Waals surface area contributed by atoms with Gasteiger partial charge in [0.15, 0.2) is 0 Å². The van der Waals surface area contributed by atoms with E-state index in [1.807, 2.05) is 12.1 Å². The molecular weight excluding hydrogens is 565 g/mol. The van der Waals surface area contributed by atoms with E-state index in [4.69, 9.17) is 4.98 Å². The molecule has 0 aliphatic carbocycles. The third kappa shape index (κ3) is 4.59. The molecule has 4 heteroatoms. The van der Waals surface area contributed by atoms with Crippen LogP contribution < -0.4 is 0 Å². The molecule has 2 heterocycles. The summed E-state index contributed by atoms with van der Waals surface area (Å²) in [5, 5.41) is 4.67. The third-order valence-electron chi connectivity index (χ3n) is 9.44. The maximum absolute atomic E-state index is 14.0. The van der Waals surface area contributed by atoms with Gasteiger partial charge in [-0.1, -0.05) is 82.3 Å². The van der Waals surface area contributed by atoms with E-state index in [2.05, 4.69) is 134 Å². The zero-order valence-electron chi connectivity index (χ0n) is 26.6. The average molecular weight is 602 g/mol. The SMILES string of the molecule is CC(C)c1cccc(C(C)C)c1Cn1c(-c2ccc3c(c2)c2cc4ccccc4cc2n3-c2ccc(F)cc2)nc2ccccc21. The van der Waals surface area contributed by atoms with Crippen molar-refractivity contribution in [1.82, 2.24) is 14.1 Å². The molecule has 0 fully saturated rings. The summed E-state index contributed by atoms with van der Waals surface area (Å²) in [6, 6.07) is 41.7. The highest BCUT2D eigenvalue weighted by Gasteiger charge is 2.21. The van der Waals surface area contributed by atoms with Crippen LogP contribution in [0.25, 0.3) is 60.7 Å². The number of imidazole rings is 1. The van der Waals surface area contributed by atoms with Crippen LogP contribution in [0.15, 0.2) is 121 Å². The van der Waals surface area contributed by atoms with E-state index >= 15 is 0 Å². The fraction of sp³-hybridized carbons (Fsp3) is 0.167. The predicted molar refractivity (Wildman–Crippen MR) is 191 cm³/mol. The van der Waals surface area contributed by atoms with E-state index in [1.165, 1.54) is 39.6 Å². The molecule has 8 aromatic rings. The molecule has 0 atom stereocenters. The van der Waals surface area contributed by atoms with Gasteiger partial charge in [0.1, 0.15) is 11.6 Å². The summed E-state index contributed by atoms with van der Waals surface area (Å²) < 4.78 is 18.7. The summed E-state index contributed by atoms with van der Waals surface area (Å²) in [6.07, 6.45) is 0. The van der Waals surface area contributed by atoms with Gasteiger partial charge >= 0.3 is 0 Å². The van der Waals surface area contributed by atoms with Crippen LogP contribution in [0.2, 0.25) is 0 Å². The highest BCUT2D eigenvalue weighted by Crippen LogP contribution is 2.38. The smallest absolute Gasteiger partial charge is 0.141 e. The van der Waals surface area contributed by atoms with Gasteiger partial charge in [0.05, 0.1) is 28.6 Å². The lowest BCUT2D eigenvalue weighted by Gasteiger charge is -2.21. The van der Waals surface area contributed by atoms with Crippen LogP contribution in [0, 0.1) is 5.82 Å². The maximum atomic E-state index is 14.0. The van der Waals surface area contributed by atoms with Crippen molar-refractivity contribution in [2.45, 2.75) is 46.1 Å². The van der Waals surface area contributed by atoms with Gasteiger partial charge in [0.25, 0.3) is 0 Å². The summed E-state index contributed by atoms with van der Waals surface area (Å²) in [5.74, 6) is 1.54. The second-order valence-corrected chi connectivity index (χ2v) is 13.0. The van der Waals surface area contributed by atoms with Gasteiger partial charge in [0, 0.05) is 22.0 Å². The largest absolute Gasteiger partial charge is 0.319 e. The maximum Gasteiger partial charge on any atom is 0.141 e. The zero-order valence-corrected chi connectivity index (χ0v) is 26.6. The van der Waals surface area contributed by atoms with Crippen molar-refractivity contribution in [3.63, 3.8) is 0 Å². The number of halogens is 1. The number of fused-ring (bicyclic) bond motifs is 5. The first kappa shape index (κ1) is 28.3. The molecule has 0 saturated carbocycles. The number of aromatic nitrogens is 3. The minimum atomic E-state index is -0.240. The molecule has 0 aliphatic heterocycles. The summed E-state index contributed by atoms with van der Waals surface area (Å²) >= 11 is 0. The van der Waals surface area contributed by atoms with E-state index < -0.39 is 0 Å². The van der Waals surface area contributed by atoms with Crippen molar-refractivity contribution in [3.05, 3.63) is 144 Å². The molecule has 0 amide bonds. The Morgan fingerprint density at radius 2 is 1.26 bits per heavy atom. The lowest BCUT2D eigenvalue weighted by Crippen LogP contribution is -2.10. The molecule has 2 aromatic heterocycles. The Hall–Kier alpha value is -5.22. The molecule has 0 unspecified atom stereocenters. The number of benzene rings is 6. The third-order valence-corrected chi connectivity index (χ3v) is 9.44. The molecule has 3 nitrogen and oxygen atoms in total. The standard InChI is InChI=1S/C42H36FN3/c1-26(2)33-12-9-13-34(27(3)4)37(33)25-45-40-15-8-7-14-38(40)44-42(45)30-16-21-39-35(23-30)36-22-28-10-5-6-11-29(28)24-41(36)46(39)32-19-17-31(43)18-20-32/h5-24,26-27H,25H2,1-4H3. The Labute approximate surface area is 268 Å². The normalized spacial score (nSPS) is 12.1. The molecule has 8 rings (SSSR count). The van der Waals surface area contributed by atoms with Crippen molar-refractivity contribution in [1.29, 1.82) is 0 Å². The number of nitrogens with zero attached hydrogens (tertiary/aromatic N) is 3. The second-order valence-electron chi connectivity index (χ2n) is 13.0. The van der Waals surface area contributed by atoms with Gasteiger partial charge in [-0.05, 0) is 106 Å². The van der Waals surface area contributed by atoms with Crippen molar-refractivity contribution in [2.75, 3.05) is 0 Å². The first-order valence-corrected chi connectivity index (χ1v) is 16.2. The molecule has 46 heavy (non-hydrogen) atoms. The summed E-state index contributed by atoms with van der Waals surface area (Å²) in [6.45, 7) is 9.88. The predicted octanol–water partition coefficient (Wildman–Crippen LogP) is 11.4. The lowest BCUT2D eigenvalue weighted by molar-refractivity contribution is 0.627. The molecule has 0 spiro atoms. The Morgan fingerprint density at radius 3 is 1.98 bits per heavy atom. The molecule has 0 saturated heterocycles. The Kier molecular flexibility index (Phi) is 6.75. The van der Waals surface area contributed by atoms with Crippen LogP contribution >= 0.6 is 0 Å². The van der Waals surface area contributed by atoms with Crippen molar-refractivity contribution >= 4 is 43.6 Å². The van der Waals surface area contributed by atoms with Gasteiger partial charge in [-0.15, -0.1) is 0 Å². The Bertz CT molecular complexity index is 2380. The van der Waals surface area contributed by atoms with Crippen molar-refractivity contribution in [2.24, 2.45) is 0 Å². The number of rotatable bonds is 6. The first-order valence-electron chi connectivity index (χ1n) is 16.2. The van der Waals surface area contributed by atoms with Crippen molar-refractivity contribution < 1.29 is 4.39 Å². The van der Waals surface area contributed by atoms with Gasteiger partial charge in [-0.25, -0.2) is 9.37 Å². The molecule has 226 valence electrons. The van der Waals surface area contributed by atoms with Crippen LogP contribution in [0.3, 0.4) is 0 Å². The topological polar surface area (TPSA) is 22.8 Å². The van der Waals surface area contributed by atoms with Crippen LogP contribution in [0.5, 0.6) is 0 Å². The number of hydrogen-bond acceptors (Lipinski definition) is 1. The molecule has 0 aliphatic rings. The lowest BCUT2D eigenvalue weighted by atomic mass is 9.88. The van der Waals surface area contributed by atoms with Crippen LogP contribution in [0.4, 0.5) is 4.39 Å². The summed E-state index contributed by atoms with van der Waals surface area (Å²) in [5.41, 5.74) is 10.5. The van der Waals surface area contributed by atoms with Crippen LogP contribution in [0.1, 0.15) is 56.2 Å². The molecule has 6 aromatic carbocycles. The van der Waals surface area contributed by atoms with Gasteiger partial charge in [-0.2, -0.15) is 0 Å². The summed E-state index contributed by atoms with van der Waals surface area (Å²) in [7, 11) is 0. The highest BCUT2D eigenvalue weighted by molar-refractivity contribution is 6.14. The second kappa shape index (κ2) is 11.0. The minimum Gasteiger partial charge on any atom is -0.319 e. The fourth-order valence-corrected chi connectivity index (χ4v) is 7.21. The van der Waals surface area contributed by atoms with E-state index in [0.29, 0.717) is 11.8 Å². The van der Waals surface area contributed by atoms with Gasteiger partial charge in [-0.3, -0.25) is 0 Å². The first-order chi connectivity index (χ1) is 22.4. The molecule has 0 bridgehead atoms. The minimum absolute atomic E-state index is 0.240. The average Bonchev–Trinajstić information content (AvgIpc) is 3.58. The van der Waals surface area contributed by atoms with Crippen LogP contribution in [-0.4, -0.2) is 14.1 Å². The molecule has 0 N–H and O–H groups in total. The zero-order chi connectivity index (χ0) is 31.5. The monoisotopic (exact) mass is 601 g/mol. The number of para-hydroxylation sites is 2. The molecular formula is C42H36FN3. The van der Waals surface area contributed by atoms with E-state index in [0.717, 1.165) is 56.5 Å². The van der Waals surface area contributed by atoms with Gasteiger partial charge in [0.2, 0.25) is 0 Å². The number of hydrogen-bond donors (Lipinski definition) is 0. The molecule has 0 radical (unpaired) electrons. The van der Waals surface area contributed by atoms with Crippen LogP contribution in [-0.2, 0) is 6.54 Å². The van der Waals surface area contributed by atoms with E-state index in [-0.39, 0.29) is 5.82 Å². The van der Waals surface area contributed by atoms with E-state index in [1.54, 1.807) is 0 Å². The van der Waals surface area contributed by atoms with Gasteiger partial charge < -0.3 is 9.13 Å². The quantitative estimate of drug-likeness (QED) is 0.186. The Balaban J connectivity index is 1.39. The summed E-state index contributed by atoms with van der Waals surface area (Å²) in [4.78, 5) is 5.25. The fourth-order valence-electron chi connectivity index (χ4n) is 7.21.